The molecule has 0 saturated heterocycles. The molecule has 0 bridgehead atoms. The van der Waals surface area contributed by atoms with Crippen LogP contribution in [0.5, 0.6) is 0 Å². The van der Waals surface area contributed by atoms with Crippen LogP contribution in [-0.2, 0) is 4.74 Å². The highest BCUT2D eigenvalue weighted by Crippen LogP contribution is 2.08. The van der Waals surface area contributed by atoms with E-state index in [-0.39, 0.29) is 0 Å². The summed E-state index contributed by atoms with van der Waals surface area (Å²) in [6, 6.07) is 0.403. The molecule has 1 unspecified atom stereocenters. The van der Waals surface area contributed by atoms with Crippen molar-refractivity contribution in [1.29, 1.82) is 0 Å². The molecule has 0 aromatic heterocycles. The molecule has 0 aliphatic carbocycles. The van der Waals surface area contributed by atoms with Gasteiger partial charge in [-0.15, -0.1) is 6.58 Å². The lowest BCUT2D eigenvalue weighted by Gasteiger charge is -2.15. The Labute approximate surface area is 100 Å². The van der Waals surface area contributed by atoms with E-state index in [1.165, 1.54) is 19.3 Å². The topological polar surface area (TPSA) is 47.3 Å². The van der Waals surface area contributed by atoms with Crippen LogP contribution in [-0.4, -0.2) is 19.3 Å². The van der Waals surface area contributed by atoms with Crippen LogP contribution in [0, 0.1) is 0 Å². The summed E-state index contributed by atoms with van der Waals surface area (Å²) in [6.07, 6.45) is 10.1. The van der Waals surface area contributed by atoms with Gasteiger partial charge in [0.05, 0.1) is 0 Å². The first-order valence-corrected chi connectivity index (χ1v) is 6.49. The predicted octanol–water partition coefficient (Wildman–Crippen LogP) is 2.77. The molecule has 0 heterocycles. The van der Waals surface area contributed by atoms with Gasteiger partial charge >= 0.3 is 0 Å². The molecular weight excluding hydrogens is 200 g/mol. The van der Waals surface area contributed by atoms with Crippen molar-refractivity contribution in [2.45, 2.75) is 57.9 Å². The second kappa shape index (κ2) is 12.7. The highest BCUT2D eigenvalue weighted by Gasteiger charge is 2.05. The van der Waals surface area contributed by atoms with Crippen molar-refractivity contribution < 1.29 is 4.74 Å². The Morgan fingerprint density at radius 3 is 2.69 bits per heavy atom. The molecule has 0 aliphatic rings. The highest BCUT2D eigenvalue weighted by atomic mass is 16.5. The van der Waals surface area contributed by atoms with Crippen LogP contribution in [0.3, 0.4) is 0 Å². The van der Waals surface area contributed by atoms with E-state index in [2.05, 4.69) is 18.9 Å². The number of nitrogens with one attached hydrogen (secondary N) is 1. The minimum atomic E-state index is 0.403. The van der Waals surface area contributed by atoms with Crippen LogP contribution in [0.15, 0.2) is 12.7 Å². The largest absolute Gasteiger partial charge is 0.381 e. The Hall–Kier alpha value is -0.380. The number of hydrazine groups is 1. The maximum absolute atomic E-state index is 5.51. The second-order valence-electron chi connectivity index (χ2n) is 4.19. The molecule has 3 nitrogen and oxygen atoms in total. The Morgan fingerprint density at radius 2 is 2.06 bits per heavy atom. The highest BCUT2D eigenvalue weighted by molar-refractivity contribution is 4.67. The fourth-order valence-electron chi connectivity index (χ4n) is 1.64. The molecule has 3 N–H and O–H groups in total. The van der Waals surface area contributed by atoms with Crippen LogP contribution < -0.4 is 11.3 Å². The van der Waals surface area contributed by atoms with Crippen molar-refractivity contribution in [2.75, 3.05) is 13.2 Å². The SMILES string of the molecule is C=CCCCCCC(CCOCCC)NN. The zero-order valence-electron chi connectivity index (χ0n) is 10.7. The molecule has 0 radical (unpaired) electrons. The average Bonchev–Trinajstić information content (AvgIpc) is 2.31. The van der Waals surface area contributed by atoms with E-state index in [1.807, 2.05) is 6.08 Å². The van der Waals surface area contributed by atoms with Gasteiger partial charge in [0.25, 0.3) is 0 Å². The molecule has 0 amide bonds. The van der Waals surface area contributed by atoms with Gasteiger partial charge in [-0.1, -0.05) is 25.8 Å². The Bertz CT molecular complexity index is 151. The molecule has 0 rings (SSSR count). The summed E-state index contributed by atoms with van der Waals surface area (Å²) in [7, 11) is 0. The molecule has 1 atom stereocenters. The maximum Gasteiger partial charge on any atom is 0.0481 e. The van der Waals surface area contributed by atoms with E-state index >= 15 is 0 Å². The molecule has 0 aromatic rings. The predicted molar refractivity (Wildman–Crippen MR) is 70.1 cm³/mol. The lowest BCUT2D eigenvalue weighted by Crippen LogP contribution is -2.36. The van der Waals surface area contributed by atoms with Crippen molar-refractivity contribution in [1.82, 2.24) is 5.43 Å². The summed E-state index contributed by atoms with van der Waals surface area (Å²) in [4.78, 5) is 0. The van der Waals surface area contributed by atoms with Crippen LogP contribution >= 0.6 is 0 Å². The van der Waals surface area contributed by atoms with Crippen molar-refractivity contribution >= 4 is 0 Å². The summed E-state index contributed by atoms with van der Waals surface area (Å²) >= 11 is 0. The van der Waals surface area contributed by atoms with E-state index in [0.717, 1.165) is 38.9 Å². The molecule has 0 saturated carbocycles. The Balaban J connectivity index is 3.32. The van der Waals surface area contributed by atoms with Gasteiger partial charge in [-0.2, -0.15) is 0 Å². The van der Waals surface area contributed by atoms with Crippen LogP contribution in [0.1, 0.15) is 51.9 Å². The number of ether oxygens (including phenoxy) is 1. The minimum absolute atomic E-state index is 0.403. The smallest absolute Gasteiger partial charge is 0.0481 e. The van der Waals surface area contributed by atoms with Crippen molar-refractivity contribution in [3.63, 3.8) is 0 Å². The molecule has 3 heteroatoms. The fraction of sp³-hybridized carbons (Fsp3) is 0.846. The first-order valence-electron chi connectivity index (χ1n) is 6.49. The lowest BCUT2D eigenvalue weighted by molar-refractivity contribution is 0.123. The van der Waals surface area contributed by atoms with Gasteiger partial charge in [-0.05, 0) is 32.1 Å². The number of hydrogen-bond acceptors (Lipinski definition) is 3. The summed E-state index contributed by atoms with van der Waals surface area (Å²) < 4.78 is 5.45. The molecule has 0 aromatic carbocycles. The third kappa shape index (κ3) is 10.1. The summed E-state index contributed by atoms with van der Waals surface area (Å²) in [5.41, 5.74) is 2.87. The third-order valence-corrected chi connectivity index (χ3v) is 2.66. The van der Waals surface area contributed by atoms with E-state index in [1.54, 1.807) is 0 Å². The molecule has 96 valence electrons. The second-order valence-corrected chi connectivity index (χ2v) is 4.19. The van der Waals surface area contributed by atoms with E-state index in [9.17, 15) is 0 Å². The quantitative estimate of drug-likeness (QED) is 0.234. The standard InChI is InChI=1S/C13H28N2O/c1-3-5-6-7-8-9-13(15-14)10-12-16-11-4-2/h3,13,15H,1,4-12,14H2,2H3. The molecule has 0 aliphatic heterocycles. The number of unbranched alkanes of at least 4 members (excludes halogenated alkanes) is 3. The number of hydrogen-bond donors (Lipinski definition) is 2. The molecule has 16 heavy (non-hydrogen) atoms. The zero-order chi connectivity index (χ0) is 12.1. The number of rotatable bonds is 12. The first kappa shape index (κ1) is 15.6. The average molecular weight is 228 g/mol. The monoisotopic (exact) mass is 228 g/mol. The van der Waals surface area contributed by atoms with Gasteiger partial charge in [0, 0.05) is 19.3 Å². The minimum Gasteiger partial charge on any atom is -0.381 e. The van der Waals surface area contributed by atoms with Gasteiger partial charge in [-0.3, -0.25) is 11.3 Å². The number of allylic oxidation sites excluding steroid dienone is 1. The van der Waals surface area contributed by atoms with E-state index < -0.39 is 0 Å². The maximum atomic E-state index is 5.51. The first-order chi connectivity index (χ1) is 7.85. The van der Waals surface area contributed by atoms with E-state index in [4.69, 9.17) is 10.6 Å². The summed E-state index contributed by atoms with van der Waals surface area (Å²) in [6.45, 7) is 7.51. The van der Waals surface area contributed by atoms with Crippen molar-refractivity contribution in [2.24, 2.45) is 5.84 Å². The van der Waals surface area contributed by atoms with Crippen LogP contribution in [0.4, 0.5) is 0 Å². The third-order valence-electron chi connectivity index (χ3n) is 2.66. The fourth-order valence-corrected chi connectivity index (χ4v) is 1.64. The van der Waals surface area contributed by atoms with E-state index in [0.29, 0.717) is 6.04 Å². The molecular formula is C13H28N2O. The van der Waals surface area contributed by atoms with Gasteiger partial charge in [-0.25, -0.2) is 0 Å². The zero-order valence-corrected chi connectivity index (χ0v) is 10.7. The van der Waals surface area contributed by atoms with Crippen LogP contribution in [0.25, 0.3) is 0 Å². The van der Waals surface area contributed by atoms with Gasteiger partial charge in [0.2, 0.25) is 0 Å². The summed E-state index contributed by atoms with van der Waals surface area (Å²) in [5.74, 6) is 5.51. The van der Waals surface area contributed by atoms with Gasteiger partial charge in [0.1, 0.15) is 0 Å². The summed E-state index contributed by atoms with van der Waals surface area (Å²) in [5, 5.41) is 0. The van der Waals surface area contributed by atoms with Crippen molar-refractivity contribution in [3.8, 4) is 0 Å². The normalized spacial score (nSPS) is 12.6. The Kier molecular flexibility index (Phi) is 12.4. The van der Waals surface area contributed by atoms with Crippen LogP contribution in [0.2, 0.25) is 0 Å². The van der Waals surface area contributed by atoms with Crippen molar-refractivity contribution in [3.05, 3.63) is 12.7 Å². The molecule has 0 spiro atoms. The Morgan fingerprint density at radius 1 is 1.25 bits per heavy atom. The van der Waals surface area contributed by atoms with Gasteiger partial charge in [0.15, 0.2) is 0 Å². The molecule has 0 fully saturated rings. The van der Waals surface area contributed by atoms with Gasteiger partial charge < -0.3 is 4.74 Å². The number of nitrogens with two attached hydrogens (primary N) is 1. The lowest BCUT2D eigenvalue weighted by atomic mass is 10.1.